The molecule has 4 rings (SSSR count). The molecule has 1 amide bonds. The summed E-state index contributed by atoms with van der Waals surface area (Å²) in [6, 6.07) is 0.240. The van der Waals surface area contributed by atoms with Gasteiger partial charge in [-0.25, -0.2) is 0 Å². The van der Waals surface area contributed by atoms with Crippen LogP contribution in [0.25, 0.3) is 0 Å². The van der Waals surface area contributed by atoms with Crippen molar-refractivity contribution in [3.05, 3.63) is 18.0 Å². The van der Waals surface area contributed by atoms with Gasteiger partial charge in [-0.2, -0.15) is 5.10 Å². The van der Waals surface area contributed by atoms with E-state index in [1.165, 1.54) is 24.8 Å². The molecule has 1 aromatic heterocycles. The molecule has 5 nitrogen and oxygen atoms in total. The first-order valence-corrected chi connectivity index (χ1v) is 8.30. The van der Waals surface area contributed by atoms with Crippen LogP contribution in [0.4, 0.5) is 0 Å². The van der Waals surface area contributed by atoms with Gasteiger partial charge < -0.3 is 10.2 Å². The fourth-order valence-corrected chi connectivity index (χ4v) is 4.36. The number of H-pyrrole nitrogens is 1. The predicted octanol–water partition coefficient (Wildman–Crippen LogP) is 2.70. The number of rotatable bonds is 2. The summed E-state index contributed by atoms with van der Waals surface area (Å²) in [5, 5.41) is 10.4. The van der Waals surface area contributed by atoms with Gasteiger partial charge in [0.05, 0.1) is 12.2 Å². The lowest BCUT2D eigenvalue weighted by molar-refractivity contribution is -0.137. The molecule has 7 heteroatoms. The van der Waals surface area contributed by atoms with Gasteiger partial charge >= 0.3 is 0 Å². The Kier molecular flexibility index (Phi) is 5.98. The molecule has 3 heterocycles. The van der Waals surface area contributed by atoms with Crippen molar-refractivity contribution in [2.45, 2.75) is 44.6 Å². The Morgan fingerprint density at radius 1 is 1.26 bits per heavy atom. The van der Waals surface area contributed by atoms with Gasteiger partial charge in [-0.1, -0.05) is 0 Å². The molecule has 130 valence electrons. The lowest BCUT2D eigenvalue weighted by Gasteiger charge is -2.36. The molecule has 1 saturated carbocycles. The molecule has 2 aliphatic heterocycles. The van der Waals surface area contributed by atoms with Crippen molar-refractivity contribution < 1.29 is 4.79 Å². The first kappa shape index (κ1) is 18.6. The van der Waals surface area contributed by atoms with Gasteiger partial charge in [-0.3, -0.25) is 9.89 Å². The minimum Gasteiger partial charge on any atom is -0.335 e. The topological polar surface area (TPSA) is 61.0 Å². The van der Waals surface area contributed by atoms with Gasteiger partial charge in [0.25, 0.3) is 0 Å². The third-order valence-electron chi connectivity index (χ3n) is 5.78. The van der Waals surface area contributed by atoms with Gasteiger partial charge in [0.2, 0.25) is 5.91 Å². The molecule has 0 aromatic carbocycles. The van der Waals surface area contributed by atoms with Crippen LogP contribution in [0.2, 0.25) is 0 Å². The molecule has 0 radical (unpaired) electrons. The molecule has 2 N–H and O–H groups in total. The highest BCUT2D eigenvalue weighted by Gasteiger charge is 2.59. The number of likely N-dealkylation sites (tertiary alicyclic amines) is 1. The highest BCUT2D eigenvalue weighted by molar-refractivity contribution is 5.85. The van der Waals surface area contributed by atoms with Crippen LogP contribution >= 0.6 is 24.8 Å². The highest BCUT2D eigenvalue weighted by Crippen LogP contribution is 2.59. The zero-order valence-electron chi connectivity index (χ0n) is 13.3. The summed E-state index contributed by atoms with van der Waals surface area (Å²) in [5.74, 6) is 0.690. The number of aromatic amines is 1. The van der Waals surface area contributed by atoms with Crippen LogP contribution in [0.5, 0.6) is 0 Å². The van der Waals surface area contributed by atoms with Crippen LogP contribution in [0, 0.1) is 11.3 Å². The van der Waals surface area contributed by atoms with E-state index in [1.807, 2.05) is 12.4 Å². The molecule has 1 aromatic rings. The number of hydrogen-bond acceptors (Lipinski definition) is 3. The molecule has 2 saturated heterocycles. The monoisotopic (exact) mass is 360 g/mol. The summed E-state index contributed by atoms with van der Waals surface area (Å²) < 4.78 is 0. The summed E-state index contributed by atoms with van der Waals surface area (Å²) in [7, 11) is 0. The maximum atomic E-state index is 13.0. The summed E-state index contributed by atoms with van der Waals surface area (Å²) >= 11 is 0. The van der Waals surface area contributed by atoms with Crippen LogP contribution in [0.1, 0.15) is 50.1 Å². The molecular formula is C16H26Cl2N4O. The minimum atomic E-state index is 0. The zero-order chi connectivity index (χ0) is 14.3. The van der Waals surface area contributed by atoms with E-state index >= 15 is 0 Å². The van der Waals surface area contributed by atoms with Crippen molar-refractivity contribution in [1.29, 1.82) is 0 Å². The highest BCUT2D eigenvalue weighted by atomic mass is 35.5. The normalized spacial score (nSPS) is 28.6. The number of carbonyl (C=O) groups excluding carboxylic acids is 1. The van der Waals surface area contributed by atoms with Crippen molar-refractivity contribution in [3.63, 3.8) is 0 Å². The lowest BCUT2D eigenvalue weighted by Crippen LogP contribution is -2.41. The fraction of sp³-hybridized carbons (Fsp3) is 0.750. The second-order valence-corrected chi connectivity index (χ2v) is 6.94. The van der Waals surface area contributed by atoms with Crippen molar-refractivity contribution in [1.82, 2.24) is 20.4 Å². The second kappa shape index (κ2) is 7.41. The maximum Gasteiger partial charge on any atom is 0.226 e. The van der Waals surface area contributed by atoms with Crippen LogP contribution in [0.3, 0.4) is 0 Å². The number of aromatic nitrogens is 2. The minimum absolute atomic E-state index is 0. The van der Waals surface area contributed by atoms with E-state index in [-0.39, 0.29) is 36.8 Å². The van der Waals surface area contributed by atoms with E-state index in [1.54, 1.807) is 0 Å². The van der Waals surface area contributed by atoms with Crippen molar-refractivity contribution in [3.8, 4) is 0 Å². The molecule has 1 aliphatic carbocycles. The average Bonchev–Trinajstić information content (AvgIpc) is 2.99. The number of hydrogen-bond donors (Lipinski definition) is 2. The smallest absolute Gasteiger partial charge is 0.226 e. The second-order valence-electron chi connectivity index (χ2n) is 6.94. The first-order valence-electron chi connectivity index (χ1n) is 8.30. The van der Waals surface area contributed by atoms with Crippen LogP contribution in [-0.4, -0.2) is 40.6 Å². The summed E-state index contributed by atoms with van der Waals surface area (Å²) in [4.78, 5) is 15.2. The number of halogens is 2. The third-order valence-corrected chi connectivity index (χ3v) is 5.78. The van der Waals surface area contributed by atoms with E-state index in [0.29, 0.717) is 11.3 Å². The molecule has 3 aliphatic rings. The molecule has 2 atom stereocenters. The molecule has 0 bridgehead atoms. The van der Waals surface area contributed by atoms with Crippen molar-refractivity contribution >= 4 is 30.7 Å². The first-order chi connectivity index (χ1) is 10.3. The van der Waals surface area contributed by atoms with Gasteiger partial charge in [0.1, 0.15) is 0 Å². The third kappa shape index (κ3) is 3.37. The molecule has 23 heavy (non-hydrogen) atoms. The Morgan fingerprint density at radius 2 is 2.04 bits per heavy atom. The van der Waals surface area contributed by atoms with E-state index in [4.69, 9.17) is 0 Å². The van der Waals surface area contributed by atoms with Crippen LogP contribution in [0.15, 0.2) is 12.4 Å². The number of nitrogens with zero attached hydrogens (tertiary/aromatic N) is 2. The number of amides is 1. The van der Waals surface area contributed by atoms with Crippen molar-refractivity contribution in [2.24, 2.45) is 11.3 Å². The molecule has 2 unspecified atom stereocenters. The Hall–Kier alpha value is -0.780. The largest absolute Gasteiger partial charge is 0.335 e. The Morgan fingerprint density at radius 3 is 2.74 bits per heavy atom. The standard InChI is InChI=1S/C16H24N4O.2ClH/c21-15(13-9-16(13)4-6-17-7-5-16)20-8-2-1-3-14(20)12-10-18-19-11-12;;/h10-11,13-14,17H,1-9H2,(H,18,19);2*1H. The number of nitrogens with one attached hydrogen (secondary N) is 2. The summed E-state index contributed by atoms with van der Waals surface area (Å²) in [6.07, 6.45) is 10.7. The predicted molar refractivity (Wildman–Crippen MR) is 94.0 cm³/mol. The van der Waals surface area contributed by atoms with Crippen LogP contribution in [-0.2, 0) is 4.79 Å². The molecule has 1 spiro atoms. The Labute approximate surface area is 149 Å². The van der Waals surface area contributed by atoms with Gasteiger partial charge in [0.15, 0.2) is 0 Å². The van der Waals surface area contributed by atoms with E-state index in [0.717, 1.165) is 38.9 Å². The lowest BCUT2D eigenvalue weighted by atomic mass is 9.90. The van der Waals surface area contributed by atoms with Gasteiger partial charge in [-0.05, 0) is 57.0 Å². The van der Waals surface area contributed by atoms with Crippen LogP contribution < -0.4 is 5.32 Å². The quantitative estimate of drug-likeness (QED) is 0.852. The molecular weight excluding hydrogens is 335 g/mol. The number of carbonyl (C=O) groups is 1. The van der Waals surface area contributed by atoms with E-state index < -0.39 is 0 Å². The Balaban J connectivity index is 0.000000960. The maximum absolute atomic E-state index is 13.0. The van der Waals surface area contributed by atoms with E-state index in [2.05, 4.69) is 20.4 Å². The van der Waals surface area contributed by atoms with Crippen molar-refractivity contribution in [2.75, 3.05) is 19.6 Å². The summed E-state index contributed by atoms with van der Waals surface area (Å²) in [5.41, 5.74) is 1.50. The van der Waals surface area contributed by atoms with E-state index in [9.17, 15) is 4.79 Å². The average molecular weight is 361 g/mol. The fourth-order valence-electron chi connectivity index (χ4n) is 4.36. The Bertz CT molecular complexity index is 516. The zero-order valence-corrected chi connectivity index (χ0v) is 14.9. The van der Waals surface area contributed by atoms with Gasteiger partial charge in [0, 0.05) is 24.2 Å². The van der Waals surface area contributed by atoms with Gasteiger partial charge in [-0.15, -0.1) is 24.8 Å². The number of piperidine rings is 2. The SMILES string of the molecule is Cl.Cl.O=C(C1CC12CCNCC2)N1CCCCC1c1cn[nH]c1. The summed E-state index contributed by atoms with van der Waals surface area (Å²) in [6.45, 7) is 3.07. The molecule has 3 fully saturated rings.